The van der Waals surface area contributed by atoms with Crippen LogP contribution in [0, 0.1) is 17.8 Å². The van der Waals surface area contributed by atoms with Gasteiger partial charge in [-0.25, -0.2) is 0 Å². The van der Waals surface area contributed by atoms with Gasteiger partial charge in [-0.2, -0.15) is 0 Å². The highest BCUT2D eigenvalue weighted by Gasteiger charge is 2.53. The summed E-state index contributed by atoms with van der Waals surface area (Å²) in [5, 5.41) is 36.5. The number of aliphatic hydroxyl groups excluding tert-OH is 2. The minimum absolute atomic E-state index is 0.0113. The Morgan fingerprint density at radius 2 is 1.70 bits per heavy atom. The van der Waals surface area contributed by atoms with E-state index >= 15 is 0 Å². The fourth-order valence-corrected chi connectivity index (χ4v) is 10.0. The number of methoxy groups -OCH3 is 1. The van der Waals surface area contributed by atoms with E-state index in [2.05, 4.69) is 23.2 Å². The standard InChI is InChI=1S/C52H79N3O15/c1-11-41(58)67-40-26-43(60)64-23-21-34(16-15-17-35-25-36-18-13-14-19-38(36)53-28-35)29-55(9)30-39(57)31(3)24-37(20-22-56)48(49(40)63-10)70-51-46(61)45(54(7)8)47(32(4)66-51)69-44-27-52(6,62)50(33(5)65-44)68-42(59)12-2/h13-16,18-19,22,25,28,31-34,37,39-40,44-51,57,61-62H,11-12,17,20-21,23-24,26-27,29-30H2,1-10H3/b16-15+/t31-,32?,33?,34?,37+,39+,40-,44+,45?,46?,47-,48+,49+,50+,51+,52?/m1/s1. The Bertz CT molecular complexity index is 2020. The number of hydrogen-bond donors (Lipinski definition) is 3. The zero-order chi connectivity index (χ0) is 51.3. The first-order valence-corrected chi connectivity index (χ1v) is 24.8. The van der Waals surface area contributed by atoms with Gasteiger partial charge in [-0.3, -0.25) is 19.4 Å². The molecule has 18 nitrogen and oxygen atoms in total. The molecule has 3 aliphatic rings. The van der Waals surface area contributed by atoms with Gasteiger partial charge in [0.15, 0.2) is 18.7 Å². The van der Waals surface area contributed by atoms with Crippen molar-refractivity contribution in [2.24, 2.45) is 17.8 Å². The Kier molecular flexibility index (Phi) is 21.7. The van der Waals surface area contributed by atoms with Crippen LogP contribution in [-0.4, -0.2) is 181 Å². The largest absolute Gasteiger partial charge is 0.466 e. The molecule has 3 fully saturated rings. The number of allylic oxidation sites excluding steroid dienone is 1. The van der Waals surface area contributed by atoms with Gasteiger partial charge in [-0.05, 0) is 96.6 Å². The summed E-state index contributed by atoms with van der Waals surface area (Å²) in [5.41, 5.74) is 0.474. The van der Waals surface area contributed by atoms with E-state index in [4.69, 9.17) is 37.9 Å². The molecule has 18 heteroatoms. The summed E-state index contributed by atoms with van der Waals surface area (Å²) in [4.78, 5) is 60.0. The van der Waals surface area contributed by atoms with Crippen LogP contribution in [0.2, 0.25) is 0 Å². The summed E-state index contributed by atoms with van der Waals surface area (Å²) in [7, 11) is 6.82. The predicted octanol–water partition coefficient (Wildman–Crippen LogP) is 4.16. The molecule has 16 atom stereocenters. The number of cyclic esters (lactones) is 1. The number of rotatable bonds is 15. The van der Waals surface area contributed by atoms with Gasteiger partial charge >= 0.3 is 17.9 Å². The third kappa shape index (κ3) is 15.5. The highest BCUT2D eigenvalue weighted by molar-refractivity contribution is 5.78. The van der Waals surface area contributed by atoms with Crippen LogP contribution in [0.3, 0.4) is 0 Å². The molecule has 6 unspecified atom stereocenters. The number of carbonyl (C=O) groups is 4. The number of aliphatic hydroxyl groups is 3. The van der Waals surface area contributed by atoms with E-state index < -0.39 is 115 Å². The summed E-state index contributed by atoms with van der Waals surface area (Å²) in [6, 6.07) is 9.26. The molecule has 0 spiro atoms. The summed E-state index contributed by atoms with van der Waals surface area (Å²) in [5.74, 6) is -2.89. The van der Waals surface area contributed by atoms with Crippen molar-refractivity contribution >= 4 is 35.1 Å². The molecule has 0 radical (unpaired) electrons. The number of aldehydes is 1. The van der Waals surface area contributed by atoms with E-state index in [0.29, 0.717) is 25.9 Å². The van der Waals surface area contributed by atoms with Gasteiger partial charge < -0.3 is 67.8 Å². The van der Waals surface area contributed by atoms with E-state index in [1.165, 1.54) is 7.11 Å². The van der Waals surface area contributed by atoms with Gasteiger partial charge in [0.1, 0.15) is 36.3 Å². The molecule has 3 aliphatic heterocycles. The van der Waals surface area contributed by atoms with E-state index in [-0.39, 0.29) is 44.6 Å². The van der Waals surface area contributed by atoms with Crippen LogP contribution in [-0.2, 0) is 63.5 Å². The molecule has 1 aromatic heterocycles. The number of ether oxygens (including phenoxy) is 8. The molecule has 0 aliphatic carbocycles. The number of likely N-dealkylation sites (N-methyl/N-ethyl adjacent to an activating group) is 2. The van der Waals surface area contributed by atoms with Crippen molar-refractivity contribution in [3.63, 3.8) is 0 Å². The first-order valence-electron chi connectivity index (χ1n) is 24.8. The Balaban J connectivity index is 1.40. The molecule has 2 aromatic rings. The lowest BCUT2D eigenvalue weighted by molar-refractivity contribution is -0.344. The number of hydrogen-bond acceptors (Lipinski definition) is 18. The molecule has 3 N–H and O–H groups in total. The third-order valence-corrected chi connectivity index (χ3v) is 13.8. The number of benzene rings is 1. The van der Waals surface area contributed by atoms with Crippen LogP contribution in [0.25, 0.3) is 10.9 Å². The van der Waals surface area contributed by atoms with Gasteiger partial charge in [0, 0.05) is 57.5 Å². The Hall–Kier alpha value is -3.95. The maximum Gasteiger partial charge on any atom is 0.309 e. The molecule has 0 bridgehead atoms. The van der Waals surface area contributed by atoms with Crippen molar-refractivity contribution in [3.05, 3.63) is 54.2 Å². The molecule has 70 heavy (non-hydrogen) atoms. The SMILES string of the molecule is CCC(=O)O[C@@H]1CC(=O)OCCC(/C=C/Cc2cnc3ccccc3c2)CN(C)C[C@H](O)[C@H](C)C[C@H](CC=O)[C@H](O[C@@H]2OC(C)[C@@H](O[C@H]3CC(C)(O)[C@@H](OC(=O)CC)C(C)O3)C(N(C)C)C2O)[C@H]1OC. The average molecular weight is 986 g/mol. The van der Waals surface area contributed by atoms with Crippen LogP contribution in [0.4, 0.5) is 0 Å². The Labute approximate surface area is 413 Å². The first kappa shape index (κ1) is 57.0. The lowest BCUT2D eigenvalue weighted by Crippen LogP contribution is -2.66. The van der Waals surface area contributed by atoms with E-state index in [1.54, 1.807) is 53.6 Å². The average Bonchev–Trinajstić information content (AvgIpc) is 3.30. The van der Waals surface area contributed by atoms with Gasteiger partial charge in [0.05, 0.1) is 49.0 Å². The number of fused-ring (bicyclic) bond motifs is 1. The quantitative estimate of drug-likeness (QED) is 0.0987. The van der Waals surface area contributed by atoms with Crippen LogP contribution < -0.4 is 0 Å². The molecule has 3 saturated heterocycles. The van der Waals surface area contributed by atoms with Crippen molar-refractivity contribution in [1.29, 1.82) is 0 Å². The minimum Gasteiger partial charge on any atom is -0.466 e. The smallest absolute Gasteiger partial charge is 0.309 e. The highest BCUT2D eigenvalue weighted by atomic mass is 16.7. The van der Waals surface area contributed by atoms with Crippen molar-refractivity contribution in [2.45, 2.75) is 172 Å². The van der Waals surface area contributed by atoms with Gasteiger partial charge in [0.25, 0.3) is 0 Å². The molecule has 1 aromatic carbocycles. The number of aromatic nitrogens is 1. The van der Waals surface area contributed by atoms with Crippen molar-refractivity contribution in [1.82, 2.24) is 14.8 Å². The summed E-state index contributed by atoms with van der Waals surface area (Å²) < 4.78 is 49.3. The number of β-amino-alcohol motifs (C(OH)–C–C–N with tert-alkyl or cyclic N) is 1. The zero-order valence-corrected chi connectivity index (χ0v) is 42.7. The third-order valence-electron chi connectivity index (χ3n) is 13.8. The van der Waals surface area contributed by atoms with Crippen LogP contribution >= 0.6 is 0 Å². The fourth-order valence-electron chi connectivity index (χ4n) is 10.0. The molecule has 5 rings (SSSR count). The van der Waals surface area contributed by atoms with Crippen LogP contribution in [0.1, 0.15) is 92.1 Å². The van der Waals surface area contributed by atoms with Gasteiger partial charge in [-0.1, -0.05) is 51.1 Å². The minimum atomic E-state index is -1.50. The van der Waals surface area contributed by atoms with Crippen molar-refractivity contribution in [3.8, 4) is 0 Å². The second-order valence-corrected chi connectivity index (χ2v) is 19.8. The van der Waals surface area contributed by atoms with E-state index in [0.717, 1.165) is 22.8 Å². The maximum absolute atomic E-state index is 13.8. The number of esters is 3. The van der Waals surface area contributed by atoms with E-state index in [9.17, 15) is 34.5 Å². The predicted molar refractivity (Wildman–Crippen MR) is 258 cm³/mol. The van der Waals surface area contributed by atoms with Gasteiger partial charge in [-0.15, -0.1) is 0 Å². The number of carbonyl (C=O) groups excluding carboxylic acids is 4. The van der Waals surface area contributed by atoms with E-state index in [1.807, 2.05) is 49.3 Å². The molecule has 0 saturated carbocycles. The fraction of sp³-hybridized carbons (Fsp3) is 0.712. The van der Waals surface area contributed by atoms with Crippen LogP contribution in [0.15, 0.2) is 48.7 Å². The first-order chi connectivity index (χ1) is 33.3. The molecular weight excluding hydrogens is 907 g/mol. The lowest BCUT2D eigenvalue weighted by atomic mass is 9.82. The topological polar surface area (TPSA) is 222 Å². The number of para-hydroxylation sites is 1. The van der Waals surface area contributed by atoms with Crippen LogP contribution in [0.5, 0.6) is 0 Å². The Morgan fingerprint density at radius 3 is 2.37 bits per heavy atom. The molecular formula is C52H79N3O15. The maximum atomic E-state index is 13.8. The monoisotopic (exact) mass is 986 g/mol. The second-order valence-electron chi connectivity index (χ2n) is 19.8. The molecule has 4 heterocycles. The Morgan fingerprint density at radius 1 is 0.986 bits per heavy atom. The lowest BCUT2D eigenvalue weighted by Gasteiger charge is -2.50. The van der Waals surface area contributed by atoms with Crippen molar-refractivity contribution in [2.75, 3.05) is 47.9 Å². The highest BCUT2D eigenvalue weighted by Crippen LogP contribution is 2.38. The molecule has 392 valence electrons. The molecule has 0 amide bonds. The number of nitrogens with zero attached hydrogens (tertiary/aromatic N) is 3. The summed E-state index contributed by atoms with van der Waals surface area (Å²) in [6.07, 6.45) is -3.78. The van der Waals surface area contributed by atoms with Gasteiger partial charge in [0.2, 0.25) is 0 Å². The zero-order valence-electron chi connectivity index (χ0n) is 42.7. The summed E-state index contributed by atoms with van der Waals surface area (Å²) in [6.45, 7) is 11.1. The number of pyridine rings is 1. The second kappa shape index (κ2) is 26.7. The normalized spacial score (nSPS) is 35.6. The van der Waals surface area contributed by atoms with Crippen molar-refractivity contribution < 1.29 is 72.4 Å². The summed E-state index contributed by atoms with van der Waals surface area (Å²) >= 11 is 0.